The fourth-order valence-electron chi connectivity index (χ4n) is 1.06. The van der Waals surface area contributed by atoms with Crippen molar-refractivity contribution in [3.05, 3.63) is 0 Å². The first-order valence-corrected chi connectivity index (χ1v) is 4.76. The van der Waals surface area contributed by atoms with E-state index in [0.29, 0.717) is 19.4 Å². The second-order valence-electron chi connectivity index (χ2n) is 3.05. The molecule has 0 aliphatic rings. The van der Waals surface area contributed by atoms with Crippen LogP contribution >= 0.6 is 0 Å². The van der Waals surface area contributed by atoms with Gasteiger partial charge in [-0.2, -0.15) is 0 Å². The maximum atomic E-state index is 11.0. The zero-order valence-corrected chi connectivity index (χ0v) is 8.12. The molecule has 4 nitrogen and oxygen atoms in total. The van der Waals surface area contributed by atoms with E-state index in [9.17, 15) is 9.90 Å². The molecule has 0 aromatic heterocycles. The van der Waals surface area contributed by atoms with E-state index in [-0.39, 0.29) is 18.6 Å². The summed E-state index contributed by atoms with van der Waals surface area (Å²) in [6.45, 7) is 2.25. The number of aliphatic hydroxyl groups excluding tert-OH is 2. The van der Waals surface area contributed by atoms with Crippen LogP contribution < -0.4 is 5.32 Å². The van der Waals surface area contributed by atoms with Crippen LogP contribution in [0, 0.1) is 0 Å². The Balaban J connectivity index is 3.34. The molecule has 1 unspecified atom stereocenters. The van der Waals surface area contributed by atoms with Crippen LogP contribution in [0.15, 0.2) is 0 Å². The topological polar surface area (TPSA) is 69.6 Å². The van der Waals surface area contributed by atoms with Gasteiger partial charge in [-0.1, -0.05) is 13.3 Å². The molecule has 3 N–H and O–H groups in total. The Kier molecular flexibility index (Phi) is 7.63. The van der Waals surface area contributed by atoms with Crippen LogP contribution in [-0.2, 0) is 4.79 Å². The minimum atomic E-state index is -0.370. The van der Waals surface area contributed by atoms with Crippen LogP contribution in [0.2, 0.25) is 0 Å². The van der Waals surface area contributed by atoms with Gasteiger partial charge in [-0.15, -0.1) is 0 Å². The Hall–Kier alpha value is -0.610. The van der Waals surface area contributed by atoms with E-state index in [1.807, 2.05) is 6.92 Å². The molecule has 0 aromatic carbocycles. The second kappa shape index (κ2) is 8.01. The minimum Gasteiger partial charge on any atom is -0.395 e. The number of carbonyl (C=O) groups excluding carboxylic acids is 1. The first kappa shape index (κ1) is 12.4. The lowest BCUT2D eigenvalue weighted by Gasteiger charge is -2.08. The van der Waals surface area contributed by atoms with Gasteiger partial charge in [0.2, 0.25) is 5.91 Å². The lowest BCUT2D eigenvalue weighted by atomic mass is 10.1. The number of aliphatic hydroxyl groups is 2. The van der Waals surface area contributed by atoms with Gasteiger partial charge in [-0.05, 0) is 12.8 Å². The number of hydrogen-bond donors (Lipinski definition) is 3. The summed E-state index contributed by atoms with van der Waals surface area (Å²) in [6.07, 6.45) is 2.14. The van der Waals surface area contributed by atoms with Gasteiger partial charge < -0.3 is 15.5 Å². The normalized spacial score (nSPS) is 12.5. The largest absolute Gasteiger partial charge is 0.395 e. The molecule has 0 saturated carbocycles. The molecule has 0 aliphatic carbocycles. The Morgan fingerprint density at radius 1 is 1.46 bits per heavy atom. The highest BCUT2D eigenvalue weighted by Crippen LogP contribution is 2.03. The van der Waals surface area contributed by atoms with Gasteiger partial charge in [-0.25, -0.2) is 0 Å². The first-order valence-electron chi connectivity index (χ1n) is 4.76. The van der Waals surface area contributed by atoms with Crippen molar-refractivity contribution in [3.8, 4) is 0 Å². The standard InChI is InChI=1S/C9H19NO3/c1-2-3-8(12)4-5-9(13)10-6-7-11/h8,11-12H,2-7H2,1H3,(H,10,13). The van der Waals surface area contributed by atoms with E-state index < -0.39 is 0 Å². The summed E-state index contributed by atoms with van der Waals surface area (Å²) < 4.78 is 0. The molecule has 4 heteroatoms. The fraction of sp³-hybridized carbons (Fsp3) is 0.889. The molecule has 0 saturated heterocycles. The molecule has 0 rings (SSSR count). The van der Waals surface area contributed by atoms with Gasteiger partial charge in [-0.3, -0.25) is 4.79 Å². The minimum absolute atomic E-state index is 0.0384. The Morgan fingerprint density at radius 2 is 2.15 bits per heavy atom. The molecule has 1 atom stereocenters. The summed E-state index contributed by atoms with van der Waals surface area (Å²) >= 11 is 0. The third-order valence-corrected chi connectivity index (χ3v) is 1.76. The third kappa shape index (κ3) is 7.74. The highest BCUT2D eigenvalue weighted by Gasteiger charge is 2.06. The van der Waals surface area contributed by atoms with Gasteiger partial charge in [0.15, 0.2) is 0 Å². The average Bonchev–Trinajstić information content (AvgIpc) is 2.12. The summed E-state index contributed by atoms with van der Waals surface area (Å²) in [6, 6.07) is 0. The van der Waals surface area contributed by atoms with Crippen LogP contribution in [0.5, 0.6) is 0 Å². The zero-order valence-electron chi connectivity index (χ0n) is 8.12. The average molecular weight is 189 g/mol. The van der Waals surface area contributed by atoms with Crippen molar-refractivity contribution in [2.75, 3.05) is 13.2 Å². The predicted octanol–water partition coefficient (Wildman–Crippen LogP) is 0.0361. The SMILES string of the molecule is CCCC(O)CCC(=O)NCCO. The maximum absolute atomic E-state index is 11.0. The monoisotopic (exact) mass is 189 g/mol. The van der Waals surface area contributed by atoms with Crippen molar-refractivity contribution >= 4 is 5.91 Å². The van der Waals surface area contributed by atoms with Crippen molar-refractivity contribution in [2.24, 2.45) is 0 Å². The fourth-order valence-corrected chi connectivity index (χ4v) is 1.06. The molecule has 0 radical (unpaired) electrons. The third-order valence-electron chi connectivity index (χ3n) is 1.76. The molecule has 0 spiro atoms. The van der Waals surface area contributed by atoms with E-state index in [1.165, 1.54) is 0 Å². The van der Waals surface area contributed by atoms with Crippen molar-refractivity contribution in [3.63, 3.8) is 0 Å². The molecular weight excluding hydrogens is 170 g/mol. The smallest absolute Gasteiger partial charge is 0.220 e. The van der Waals surface area contributed by atoms with Crippen LogP contribution in [-0.4, -0.2) is 35.4 Å². The molecule has 78 valence electrons. The van der Waals surface area contributed by atoms with Crippen LogP contribution in [0.3, 0.4) is 0 Å². The van der Waals surface area contributed by atoms with Crippen molar-refractivity contribution in [2.45, 2.75) is 38.7 Å². The van der Waals surface area contributed by atoms with Crippen LogP contribution in [0.4, 0.5) is 0 Å². The highest BCUT2D eigenvalue weighted by atomic mass is 16.3. The van der Waals surface area contributed by atoms with Gasteiger partial charge in [0, 0.05) is 13.0 Å². The van der Waals surface area contributed by atoms with Gasteiger partial charge >= 0.3 is 0 Å². The van der Waals surface area contributed by atoms with E-state index in [0.717, 1.165) is 12.8 Å². The van der Waals surface area contributed by atoms with Gasteiger partial charge in [0.05, 0.1) is 12.7 Å². The Bertz CT molecular complexity index is 139. The van der Waals surface area contributed by atoms with E-state index >= 15 is 0 Å². The number of carbonyl (C=O) groups is 1. The molecular formula is C9H19NO3. The molecule has 0 heterocycles. The van der Waals surface area contributed by atoms with Crippen molar-refractivity contribution < 1.29 is 15.0 Å². The molecule has 0 aliphatic heterocycles. The highest BCUT2D eigenvalue weighted by molar-refractivity contribution is 5.75. The number of nitrogens with one attached hydrogen (secondary N) is 1. The first-order chi connectivity index (χ1) is 6.20. The quantitative estimate of drug-likeness (QED) is 0.529. The number of hydrogen-bond acceptors (Lipinski definition) is 3. The summed E-state index contributed by atoms with van der Waals surface area (Å²) in [5.74, 6) is -0.107. The predicted molar refractivity (Wildman–Crippen MR) is 50.2 cm³/mol. The Labute approximate surface area is 79.0 Å². The van der Waals surface area contributed by atoms with E-state index in [2.05, 4.69) is 5.32 Å². The van der Waals surface area contributed by atoms with Crippen molar-refractivity contribution in [1.82, 2.24) is 5.32 Å². The maximum Gasteiger partial charge on any atom is 0.220 e. The van der Waals surface area contributed by atoms with Gasteiger partial charge in [0.1, 0.15) is 0 Å². The second-order valence-corrected chi connectivity index (χ2v) is 3.05. The van der Waals surface area contributed by atoms with E-state index in [1.54, 1.807) is 0 Å². The van der Waals surface area contributed by atoms with Crippen LogP contribution in [0.1, 0.15) is 32.6 Å². The lowest BCUT2D eigenvalue weighted by Crippen LogP contribution is -2.27. The summed E-state index contributed by atoms with van der Waals surface area (Å²) in [4.78, 5) is 11.0. The number of rotatable bonds is 7. The molecule has 0 fully saturated rings. The van der Waals surface area contributed by atoms with Crippen molar-refractivity contribution in [1.29, 1.82) is 0 Å². The summed E-state index contributed by atoms with van der Waals surface area (Å²) in [5.41, 5.74) is 0. The van der Waals surface area contributed by atoms with E-state index in [4.69, 9.17) is 5.11 Å². The Morgan fingerprint density at radius 3 is 2.69 bits per heavy atom. The molecule has 1 amide bonds. The van der Waals surface area contributed by atoms with Gasteiger partial charge in [0.25, 0.3) is 0 Å². The lowest BCUT2D eigenvalue weighted by molar-refractivity contribution is -0.121. The molecule has 13 heavy (non-hydrogen) atoms. The summed E-state index contributed by atoms with van der Waals surface area (Å²) in [5, 5.41) is 20.2. The molecule has 0 bridgehead atoms. The zero-order chi connectivity index (χ0) is 10.1. The summed E-state index contributed by atoms with van der Waals surface area (Å²) in [7, 11) is 0. The number of amides is 1. The molecule has 0 aromatic rings. The van der Waals surface area contributed by atoms with Crippen LogP contribution in [0.25, 0.3) is 0 Å².